The highest BCUT2D eigenvalue weighted by Crippen LogP contribution is 2.36. The van der Waals surface area contributed by atoms with Gasteiger partial charge in [-0.3, -0.25) is 9.38 Å². The van der Waals surface area contributed by atoms with Crippen LogP contribution in [0.2, 0.25) is 0 Å². The molecule has 0 saturated carbocycles. The average molecular weight is 438 g/mol. The zero-order valence-corrected chi connectivity index (χ0v) is 18.6. The van der Waals surface area contributed by atoms with E-state index in [1.54, 1.807) is 12.3 Å². The molecule has 164 valence electrons. The fourth-order valence-electron chi connectivity index (χ4n) is 4.05. The van der Waals surface area contributed by atoms with Gasteiger partial charge in [-0.25, -0.2) is 19.7 Å². The summed E-state index contributed by atoms with van der Waals surface area (Å²) in [7, 11) is 0. The van der Waals surface area contributed by atoms with Crippen LogP contribution in [0.4, 0.5) is 11.5 Å². The second-order valence-electron chi connectivity index (χ2n) is 7.79. The number of anilines is 2. The standard InChI is InChI=1S/C25H23N7O/c1-4-31(21-10-5-6-12-26-21)20-14-16(2)15-32-23(19-11-13-27-25(33)29-19)22(30-24(20)32)18-9-7-8-17(3)28-18/h5-15H,4H2,1-3H3,(H,27,29,33). The Bertz CT molecular complexity index is 1500. The Balaban J connectivity index is 1.86. The van der Waals surface area contributed by atoms with Crippen molar-refractivity contribution in [2.45, 2.75) is 20.8 Å². The van der Waals surface area contributed by atoms with Gasteiger partial charge in [0.2, 0.25) is 0 Å². The Labute approximate surface area is 190 Å². The lowest BCUT2D eigenvalue weighted by atomic mass is 10.1. The second kappa shape index (κ2) is 8.31. The molecule has 0 aromatic carbocycles. The first kappa shape index (κ1) is 20.6. The van der Waals surface area contributed by atoms with Gasteiger partial charge in [-0.05, 0) is 62.7 Å². The van der Waals surface area contributed by atoms with Crippen LogP contribution >= 0.6 is 0 Å². The molecule has 0 unspecified atom stereocenters. The van der Waals surface area contributed by atoms with E-state index in [1.807, 2.05) is 60.8 Å². The maximum absolute atomic E-state index is 12.1. The van der Waals surface area contributed by atoms with Gasteiger partial charge in [-0.15, -0.1) is 0 Å². The molecule has 0 fully saturated rings. The summed E-state index contributed by atoms with van der Waals surface area (Å²) in [5.74, 6) is 0.838. The van der Waals surface area contributed by atoms with Crippen molar-refractivity contribution in [2.75, 3.05) is 11.4 Å². The number of aromatic amines is 1. The average Bonchev–Trinajstić information content (AvgIpc) is 3.20. The number of nitrogens with zero attached hydrogens (tertiary/aromatic N) is 6. The third-order valence-electron chi connectivity index (χ3n) is 5.43. The molecule has 0 aliphatic carbocycles. The first-order valence-electron chi connectivity index (χ1n) is 10.8. The predicted octanol–water partition coefficient (Wildman–Crippen LogP) is 4.32. The minimum atomic E-state index is -0.415. The van der Waals surface area contributed by atoms with Gasteiger partial charge in [0, 0.05) is 30.8 Å². The summed E-state index contributed by atoms with van der Waals surface area (Å²) in [5.41, 5.74) is 5.99. The summed E-state index contributed by atoms with van der Waals surface area (Å²) in [6, 6.07) is 15.6. The summed E-state index contributed by atoms with van der Waals surface area (Å²) < 4.78 is 2.01. The minimum absolute atomic E-state index is 0.415. The number of aromatic nitrogens is 6. The van der Waals surface area contributed by atoms with E-state index in [0.717, 1.165) is 39.8 Å². The van der Waals surface area contributed by atoms with Crippen LogP contribution in [0.3, 0.4) is 0 Å². The van der Waals surface area contributed by atoms with Gasteiger partial charge in [-0.1, -0.05) is 12.1 Å². The van der Waals surface area contributed by atoms with E-state index in [1.165, 1.54) is 6.20 Å². The number of fused-ring (bicyclic) bond motifs is 1. The number of H-pyrrole nitrogens is 1. The molecule has 0 atom stereocenters. The maximum atomic E-state index is 12.1. The molecule has 5 rings (SSSR count). The first-order chi connectivity index (χ1) is 16.0. The fraction of sp³-hybridized carbons (Fsp3) is 0.160. The molecule has 0 radical (unpaired) electrons. The van der Waals surface area contributed by atoms with Crippen molar-refractivity contribution in [1.82, 2.24) is 29.3 Å². The van der Waals surface area contributed by atoms with Crippen molar-refractivity contribution in [3.05, 3.63) is 88.9 Å². The summed E-state index contributed by atoms with van der Waals surface area (Å²) in [6.45, 7) is 6.78. The molecule has 0 spiro atoms. The number of hydrogen-bond donors (Lipinski definition) is 1. The van der Waals surface area contributed by atoms with E-state index >= 15 is 0 Å². The Morgan fingerprint density at radius 2 is 1.88 bits per heavy atom. The van der Waals surface area contributed by atoms with Crippen molar-refractivity contribution >= 4 is 17.2 Å². The molecule has 33 heavy (non-hydrogen) atoms. The van der Waals surface area contributed by atoms with Gasteiger partial charge in [0.05, 0.1) is 22.8 Å². The van der Waals surface area contributed by atoms with Gasteiger partial charge < -0.3 is 9.88 Å². The van der Waals surface area contributed by atoms with Crippen molar-refractivity contribution in [3.8, 4) is 22.8 Å². The molecular formula is C25H23N7O. The second-order valence-corrected chi connectivity index (χ2v) is 7.79. The molecule has 8 nitrogen and oxygen atoms in total. The normalized spacial score (nSPS) is 11.1. The third kappa shape index (κ3) is 3.76. The van der Waals surface area contributed by atoms with Crippen LogP contribution in [0, 0.1) is 13.8 Å². The SMILES string of the molecule is CCN(c1ccccn1)c1cc(C)cn2c(-c3ccnc(=O)[nH]3)c(-c3cccc(C)n3)nc12. The highest BCUT2D eigenvalue weighted by Gasteiger charge is 2.22. The zero-order chi connectivity index (χ0) is 22.9. The number of hydrogen-bond acceptors (Lipinski definition) is 6. The quantitative estimate of drug-likeness (QED) is 0.440. The van der Waals surface area contributed by atoms with E-state index < -0.39 is 5.69 Å². The third-order valence-corrected chi connectivity index (χ3v) is 5.43. The number of pyridine rings is 3. The lowest BCUT2D eigenvalue weighted by Gasteiger charge is -2.23. The molecule has 0 bridgehead atoms. The fourth-order valence-corrected chi connectivity index (χ4v) is 4.05. The van der Waals surface area contributed by atoms with E-state index in [4.69, 9.17) is 9.97 Å². The first-order valence-corrected chi connectivity index (χ1v) is 10.8. The molecule has 0 aliphatic heterocycles. The van der Waals surface area contributed by atoms with Crippen molar-refractivity contribution in [1.29, 1.82) is 0 Å². The van der Waals surface area contributed by atoms with Gasteiger partial charge in [0.1, 0.15) is 11.5 Å². The van der Waals surface area contributed by atoms with Crippen molar-refractivity contribution < 1.29 is 0 Å². The van der Waals surface area contributed by atoms with Gasteiger partial charge in [0.25, 0.3) is 0 Å². The number of imidazole rings is 1. The van der Waals surface area contributed by atoms with Gasteiger partial charge >= 0.3 is 5.69 Å². The molecule has 0 amide bonds. The van der Waals surface area contributed by atoms with Gasteiger partial charge in [-0.2, -0.15) is 0 Å². The van der Waals surface area contributed by atoms with Crippen LogP contribution in [-0.2, 0) is 0 Å². The largest absolute Gasteiger partial charge is 0.345 e. The van der Waals surface area contributed by atoms with Crippen LogP contribution in [-0.4, -0.2) is 35.9 Å². The van der Waals surface area contributed by atoms with E-state index in [-0.39, 0.29) is 0 Å². The zero-order valence-electron chi connectivity index (χ0n) is 18.6. The monoisotopic (exact) mass is 437 g/mol. The molecule has 5 aromatic heterocycles. The lowest BCUT2D eigenvalue weighted by Crippen LogP contribution is -2.18. The molecule has 1 N–H and O–H groups in total. The van der Waals surface area contributed by atoms with Crippen LogP contribution in [0.25, 0.3) is 28.4 Å². The Morgan fingerprint density at radius 1 is 1.00 bits per heavy atom. The van der Waals surface area contributed by atoms with Crippen LogP contribution in [0.15, 0.2) is 71.9 Å². The molecule has 8 heteroatoms. The van der Waals surface area contributed by atoms with E-state index in [0.29, 0.717) is 17.9 Å². The molecule has 0 saturated heterocycles. The smallest absolute Gasteiger partial charge is 0.323 e. The number of aryl methyl sites for hydroxylation is 2. The van der Waals surface area contributed by atoms with Crippen LogP contribution in [0.1, 0.15) is 18.2 Å². The Morgan fingerprint density at radius 3 is 2.61 bits per heavy atom. The van der Waals surface area contributed by atoms with Crippen LogP contribution in [0.5, 0.6) is 0 Å². The van der Waals surface area contributed by atoms with Crippen molar-refractivity contribution in [3.63, 3.8) is 0 Å². The molecule has 0 aliphatic rings. The summed E-state index contributed by atoms with van der Waals surface area (Å²) in [6.07, 6.45) is 5.31. The van der Waals surface area contributed by atoms with E-state index in [2.05, 4.69) is 32.8 Å². The van der Waals surface area contributed by atoms with Gasteiger partial charge in [0.15, 0.2) is 5.65 Å². The molecular weight excluding hydrogens is 414 g/mol. The van der Waals surface area contributed by atoms with Crippen molar-refractivity contribution in [2.24, 2.45) is 0 Å². The number of nitrogens with one attached hydrogen (secondary N) is 1. The predicted molar refractivity (Wildman–Crippen MR) is 129 cm³/mol. The summed E-state index contributed by atoms with van der Waals surface area (Å²) in [5, 5.41) is 0. The highest BCUT2D eigenvalue weighted by molar-refractivity contribution is 5.85. The summed E-state index contributed by atoms with van der Waals surface area (Å²) in [4.78, 5) is 35.2. The molecule has 5 heterocycles. The summed E-state index contributed by atoms with van der Waals surface area (Å²) >= 11 is 0. The Hall–Kier alpha value is -4.33. The topological polar surface area (TPSA) is 92.1 Å². The van der Waals surface area contributed by atoms with Crippen LogP contribution < -0.4 is 10.6 Å². The number of rotatable bonds is 5. The molecule has 5 aromatic rings. The Kier molecular flexibility index (Phi) is 5.18. The van der Waals surface area contributed by atoms with E-state index in [9.17, 15) is 4.79 Å². The lowest BCUT2D eigenvalue weighted by molar-refractivity contribution is 0.980. The minimum Gasteiger partial charge on any atom is -0.323 e. The maximum Gasteiger partial charge on any atom is 0.345 e. The highest BCUT2D eigenvalue weighted by atomic mass is 16.1.